The van der Waals surface area contributed by atoms with Crippen molar-refractivity contribution >= 4 is 41.7 Å². The summed E-state index contributed by atoms with van der Waals surface area (Å²) in [6.45, 7) is 0.189. The van der Waals surface area contributed by atoms with E-state index in [0.29, 0.717) is 19.1 Å². The van der Waals surface area contributed by atoms with Gasteiger partial charge in [0, 0.05) is 24.9 Å². The lowest BCUT2D eigenvalue weighted by atomic mass is 10.00. The molecular formula is C24H28N4O8. The standard InChI is InChI=1S/C24H28N4O8/c29-14-16(11-12-20(31)32)25-22(34)18-9-5-13-27-19(30)10-4-8-17(24(36)28(18)27)26-23(35)21(33)15-6-2-1-3-7-15/h1-3,6-7,14,16-18H,4-5,8-13H2,(H,25,34)(H,26,35)(H,31,32)/t16-,17-,18-/m0/s1. The fourth-order valence-electron chi connectivity index (χ4n) is 4.27. The molecule has 2 aliphatic heterocycles. The third kappa shape index (κ3) is 6.32. The van der Waals surface area contributed by atoms with Gasteiger partial charge in [-0.15, -0.1) is 0 Å². The van der Waals surface area contributed by atoms with Crippen LogP contribution in [0.25, 0.3) is 0 Å². The van der Waals surface area contributed by atoms with Crippen molar-refractivity contribution in [2.45, 2.75) is 63.1 Å². The lowest BCUT2D eigenvalue weighted by Gasteiger charge is -2.45. The molecule has 12 nitrogen and oxygen atoms in total. The lowest BCUT2D eigenvalue weighted by Crippen LogP contribution is -2.66. The van der Waals surface area contributed by atoms with Crippen LogP contribution in [0.4, 0.5) is 0 Å². The van der Waals surface area contributed by atoms with E-state index in [1.807, 2.05) is 0 Å². The van der Waals surface area contributed by atoms with Crippen LogP contribution in [0.5, 0.6) is 0 Å². The summed E-state index contributed by atoms with van der Waals surface area (Å²) >= 11 is 0. The van der Waals surface area contributed by atoms with Gasteiger partial charge in [-0.25, -0.2) is 5.01 Å². The molecule has 12 heteroatoms. The SMILES string of the molecule is O=C[C@H](CCC(=O)O)NC(=O)[C@@H]1CCCN2C(=O)CCC[C@H](NC(=O)C(=O)c3ccccc3)C(=O)N12. The number of amides is 4. The Labute approximate surface area is 207 Å². The second-order valence-corrected chi connectivity index (χ2v) is 8.65. The first-order valence-electron chi connectivity index (χ1n) is 11.7. The number of carbonyl (C=O) groups is 7. The maximum atomic E-state index is 13.5. The van der Waals surface area contributed by atoms with Crippen molar-refractivity contribution in [3.8, 4) is 0 Å². The molecule has 0 spiro atoms. The van der Waals surface area contributed by atoms with E-state index in [1.54, 1.807) is 18.2 Å². The van der Waals surface area contributed by atoms with E-state index in [-0.39, 0.29) is 50.1 Å². The fraction of sp³-hybridized carbons (Fsp3) is 0.458. The maximum Gasteiger partial charge on any atom is 0.303 e. The summed E-state index contributed by atoms with van der Waals surface area (Å²) in [6, 6.07) is 4.46. The molecule has 0 radical (unpaired) electrons. The Morgan fingerprint density at radius 1 is 1.08 bits per heavy atom. The third-order valence-electron chi connectivity index (χ3n) is 6.11. The number of ketones is 1. The molecule has 2 heterocycles. The van der Waals surface area contributed by atoms with E-state index in [9.17, 15) is 33.6 Å². The maximum absolute atomic E-state index is 13.5. The van der Waals surface area contributed by atoms with E-state index in [1.165, 1.54) is 17.1 Å². The van der Waals surface area contributed by atoms with Gasteiger partial charge in [-0.2, -0.15) is 0 Å². The van der Waals surface area contributed by atoms with E-state index in [4.69, 9.17) is 5.11 Å². The molecule has 4 amide bonds. The number of benzene rings is 1. The van der Waals surface area contributed by atoms with Crippen LogP contribution in [0.15, 0.2) is 30.3 Å². The van der Waals surface area contributed by atoms with E-state index in [2.05, 4.69) is 10.6 Å². The van der Waals surface area contributed by atoms with Crippen LogP contribution in [-0.4, -0.2) is 81.5 Å². The molecule has 192 valence electrons. The van der Waals surface area contributed by atoms with Crippen molar-refractivity contribution in [1.82, 2.24) is 20.7 Å². The largest absolute Gasteiger partial charge is 0.481 e. The minimum Gasteiger partial charge on any atom is -0.481 e. The van der Waals surface area contributed by atoms with Crippen molar-refractivity contribution in [3.05, 3.63) is 35.9 Å². The van der Waals surface area contributed by atoms with Crippen LogP contribution in [-0.2, 0) is 28.8 Å². The Morgan fingerprint density at radius 3 is 2.47 bits per heavy atom. The van der Waals surface area contributed by atoms with E-state index in [0.717, 1.165) is 5.01 Å². The number of carboxylic acid groups (broad SMARTS) is 1. The highest BCUT2D eigenvalue weighted by atomic mass is 16.4. The zero-order valence-electron chi connectivity index (χ0n) is 19.6. The van der Waals surface area contributed by atoms with Gasteiger partial charge in [0.15, 0.2) is 0 Å². The molecule has 0 bridgehead atoms. The van der Waals surface area contributed by atoms with Gasteiger partial charge in [-0.3, -0.25) is 33.8 Å². The van der Waals surface area contributed by atoms with Crippen LogP contribution < -0.4 is 10.6 Å². The molecule has 2 saturated heterocycles. The van der Waals surface area contributed by atoms with Crippen molar-refractivity contribution < 1.29 is 38.7 Å². The summed E-state index contributed by atoms with van der Waals surface area (Å²) in [7, 11) is 0. The summed E-state index contributed by atoms with van der Waals surface area (Å²) < 4.78 is 0. The fourth-order valence-corrected chi connectivity index (χ4v) is 4.27. The van der Waals surface area contributed by atoms with Gasteiger partial charge in [0.1, 0.15) is 18.4 Å². The number of carboxylic acids is 1. The Morgan fingerprint density at radius 2 is 1.81 bits per heavy atom. The molecule has 0 aromatic heterocycles. The van der Waals surface area contributed by atoms with Crippen LogP contribution in [0.1, 0.15) is 55.3 Å². The number of carbonyl (C=O) groups excluding carboxylic acids is 6. The molecule has 1 aromatic rings. The quantitative estimate of drug-likeness (QED) is 0.238. The first kappa shape index (κ1) is 26.5. The van der Waals surface area contributed by atoms with Crippen molar-refractivity contribution in [2.24, 2.45) is 0 Å². The number of aldehydes is 1. The zero-order valence-corrected chi connectivity index (χ0v) is 19.6. The minimum absolute atomic E-state index is 0.0761. The topological polar surface area (TPSA) is 170 Å². The molecule has 1 aromatic carbocycles. The summed E-state index contributed by atoms with van der Waals surface area (Å²) in [5, 5.41) is 15.9. The molecule has 3 rings (SSSR count). The molecule has 0 aliphatic carbocycles. The molecule has 0 saturated carbocycles. The first-order valence-corrected chi connectivity index (χ1v) is 11.7. The molecule has 36 heavy (non-hydrogen) atoms. The monoisotopic (exact) mass is 500 g/mol. The van der Waals surface area contributed by atoms with E-state index >= 15 is 0 Å². The average molecular weight is 501 g/mol. The predicted octanol–water partition coefficient (Wildman–Crippen LogP) is -0.179. The number of hydrazine groups is 1. The molecule has 0 unspecified atom stereocenters. The normalized spacial score (nSPS) is 20.9. The van der Waals surface area contributed by atoms with Gasteiger partial charge in [0.2, 0.25) is 17.6 Å². The first-order chi connectivity index (χ1) is 17.2. The predicted molar refractivity (Wildman–Crippen MR) is 123 cm³/mol. The molecule has 2 fully saturated rings. The number of nitrogens with zero attached hydrogens (tertiary/aromatic N) is 2. The van der Waals surface area contributed by atoms with E-state index < -0.39 is 47.6 Å². The Hall–Kier alpha value is -4.09. The number of hydrogen-bond acceptors (Lipinski definition) is 7. The van der Waals surface area contributed by atoms with Crippen molar-refractivity contribution in [3.63, 3.8) is 0 Å². The number of rotatable bonds is 9. The van der Waals surface area contributed by atoms with Crippen LogP contribution >= 0.6 is 0 Å². The summed E-state index contributed by atoms with van der Waals surface area (Å²) in [5.74, 6) is -4.72. The smallest absolute Gasteiger partial charge is 0.303 e. The van der Waals surface area contributed by atoms with Gasteiger partial charge in [-0.05, 0) is 32.1 Å². The van der Waals surface area contributed by atoms with Gasteiger partial charge < -0.3 is 20.5 Å². The highest BCUT2D eigenvalue weighted by Crippen LogP contribution is 2.25. The number of hydrogen-bond donors (Lipinski definition) is 3. The van der Waals surface area contributed by atoms with Crippen LogP contribution in [0.2, 0.25) is 0 Å². The van der Waals surface area contributed by atoms with Gasteiger partial charge >= 0.3 is 5.97 Å². The molecule has 2 aliphatic rings. The van der Waals surface area contributed by atoms with Crippen molar-refractivity contribution in [1.29, 1.82) is 0 Å². The Kier molecular flexibility index (Phi) is 8.87. The van der Waals surface area contributed by atoms with Crippen LogP contribution in [0.3, 0.4) is 0 Å². The highest BCUT2D eigenvalue weighted by Gasteiger charge is 2.44. The minimum atomic E-state index is -1.15. The molecule has 3 N–H and O–H groups in total. The van der Waals surface area contributed by atoms with Gasteiger partial charge in [-0.1, -0.05) is 30.3 Å². The number of fused-ring (bicyclic) bond motifs is 1. The number of Topliss-reactive ketones (excluding diaryl/α,β-unsaturated/α-hetero) is 1. The van der Waals surface area contributed by atoms with Gasteiger partial charge in [0.25, 0.3) is 11.8 Å². The lowest BCUT2D eigenvalue weighted by molar-refractivity contribution is -0.181. The Balaban J connectivity index is 1.79. The summed E-state index contributed by atoms with van der Waals surface area (Å²) in [5.41, 5.74) is 0.154. The summed E-state index contributed by atoms with van der Waals surface area (Å²) in [6.07, 6.45) is 1.00. The highest BCUT2D eigenvalue weighted by molar-refractivity contribution is 6.43. The van der Waals surface area contributed by atoms with Crippen LogP contribution in [0, 0.1) is 0 Å². The second-order valence-electron chi connectivity index (χ2n) is 8.65. The third-order valence-corrected chi connectivity index (χ3v) is 6.11. The zero-order chi connectivity index (χ0) is 26.2. The molecule has 3 atom stereocenters. The summed E-state index contributed by atoms with van der Waals surface area (Å²) in [4.78, 5) is 86.6. The second kappa shape index (κ2) is 12.0. The number of nitrogens with one attached hydrogen (secondary N) is 2. The van der Waals surface area contributed by atoms with Gasteiger partial charge in [0.05, 0.1) is 6.04 Å². The molecular weight excluding hydrogens is 472 g/mol. The number of aliphatic carboxylic acids is 1. The Bertz CT molecular complexity index is 1040. The average Bonchev–Trinajstić information content (AvgIpc) is 2.88. The van der Waals surface area contributed by atoms with Crippen molar-refractivity contribution in [2.75, 3.05) is 6.54 Å².